The van der Waals surface area contributed by atoms with Crippen molar-refractivity contribution in [3.8, 4) is 0 Å². The highest BCUT2D eigenvalue weighted by molar-refractivity contribution is 8.00. The van der Waals surface area contributed by atoms with Gasteiger partial charge in [0.25, 0.3) is 5.91 Å². The Morgan fingerprint density at radius 3 is 2.32 bits per heavy atom. The van der Waals surface area contributed by atoms with Crippen LogP contribution in [-0.2, 0) is 11.2 Å². The van der Waals surface area contributed by atoms with Gasteiger partial charge in [0, 0.05) is 18.8 Å². The highest BCUT2D eigenvalue weighted by Crippen LogP contribution is 2.28. The molecule has 1 aliphatic rings. The van der Waals surface area contributed by atoms with Gasteiger partial charge in [-0.15, -0.1) is 0 Å². The summed E-state index contributed by atoms with van der Waals surface area (Å²) in [7, 11) is 0. The number of aryl methyl sites for hydroxylation is 3. The summed E-state index contributed by atoms with van der Waals surface area (Å²) in [4.78, 5) is 31.2. The van der Waals surface area contributed by atoms with Crippen molar-refractivity contribution in [1.82, 2.24) is 9.88 Å². The molecule has 0 saturated carbocycles. The normalized spacial score (nSPS) is 14.6. The second-order valence-corrected chi connectivity index (χ2v) is 9.59. The molecule has 0 bridgehead atoms. The van der Waals surface area contributed by atoms with Crippen LogP contribution in [0.2, 0.25) is 0 Å². The average molecular weight is 440 g/mol. The molecule has 1 aromatic heterocycles. The van der Waals surface area contributed by atoms with Crippen molar-refractivity contribution in [2.24, 2.45) is 11.7 Å². The van der Waals surface area contributed by atoms with Crippen LogP contribution in [0.5, 0.6) is 0 Å². The Kier molecular flexibility index (Phi) is 7.76. The predicted octanol–water partition coefficient (Wildman–Crippen LogP) is 4.38. The van der Waals surface area contributed by atoms with Gasteiger partial charge in [0.2, 0.25) is 5.91 Å². The second kappa shape index (κ2) is 10.3. The molecular formula is C25H33N3O2S. The number of primary amides is 1. The molecule has 0 aliphatic carbocycles. The van der Waals surface area contributed by atoms with Crippen molar-refractivity contribution >= 4 is 23.6 Å². The summed E-state index contributed by atoms with van der Waals surface area (Å²) >= 11 is 1.32. The molecule has 0 unspecified atom stereocenters. The number of hydrogen-bond donors (Lipinski definition) is 1. The molecule has 2 N–H and O–H groups in total. The molecule has 166 valence electrons. The number of thioether (sulfide) groups is 1. The standard InChI is InChI=1S/C25H33N3O2S/c1-16-5-7-20(8-6-16)9-10-21-11-13-28(14-12-21)22(29)15-31-25-23(24(26)30)18(3)17(2)19(4)27-25/h5-8,21H,9-15H2,1-4H3,(H2,26,30). The van der Waals surface area contributed by atoms with E-state index < -0.39 is 5.91 Å². The topological polar surface area (TPSA) is 76.3 Å². The summed E-state index contributed by atoms with van der Waals surface area (Å²) in [6.45, 7) is 9.46. The van der Waals surface area contributed by atoms with Crippen LogP contribution in [0.4, 0.5) is 0 Å². The Hall–Kier alpha value is -2.34. The van der Waals surface area contributed by atoms with Gasteiger partial charge in [-0.3, -0.25) is 9.59 Å². The van der Waals surface area contributed by atoms with Crippen molar-refractivity contribution in [2.45, 2.75) is 58.4 Å². The number of nitrogens with zero attached hydrogens (tertiary/aromatic N) is 2. The zero-order valence-corrected chi connectivity index (χ0v) is 19.8. The van der Waals surface area contributed by atoms with E-state index in [0.29, 0.717) is 16.5 Å². The Labute approximate surface area is 189 Å². The van der Waals surface area contributed by atoms with Crippen LogP contribution >= 0.6 is 11.8 Å². The van der Waals surface area contributed by atoms with Crippen molar-refractivity contribution in [1.29, 1.82) is 0 Å². The van der Waals surface area contributed by atoms with Crippen molar-refractivity contribution in [3.63, 3.8) is 0 Å². The molecule has 5 nitrogen and oxygen atoms in total. The Morgan fingerprint density at radius 1 is 1.06 bits per heavy atom. The van der Waals surface area contributed by atoms with Gasteiger partial charge >= 0.3 is 0 Å². The number of likely N-dealkylation sites (tertiary alicyclic amines) is 1. The molecule has 0 atom stereocenters. The van der Waals surface area contributed by atoms with E-state index in [0.717, 1.165) is 49.2 Å². The Morgan fingerprint density at radius 2 is 1.71 bits per heavy atom. The van der Waals surface area contributed by atoms with Crippen molar-refractivity contribution in [3.05, 3.63) is 57.8 Å². The average Bonchev–Trinajstić information content (AvgIpc) is 2.75. The van der Waals surface area contributed by atoms with Crippen LogP contribution in [0.3, 0.4) is 0 Å². The quantitative estimate of drug-likeness (QED) is 0.650. The molecule has 1 fully saturated rings. The van der Waals surface area contributed by atoms with Gasteiger partial charge in [0.15, 0.2) is 0 Å². The highest BCUT2D eigenvalue weighted by Gasteiger charge is 2.24. The van der Waals surface area contributed by atoms with E-state index in [-0.39, 0.29) is 11.7 Å². The van der Waals surface area contributed by atoms with Crippen LogP contribution in [0, 0.1) is 33.6 Å². The van der Waals surface area contributed by atoms with Gasteiger partial charge in [0.1, 0.15) is 5.03 Å². The fourth-order valence-corrected chi connectivity index (χ4v) is 5.17. The van der Waals surface area contributed by atoms with E-state index in [2.05, 4.69) is 36.2 Å². The Balaban J connectivity index is 1.50. The summed E-state index contributed by atoms with van der Waals surface area (Å²) in [6.07, 6.45) is 4.38. The minimum absolute atomic E-state index is 0.107. The molecule has 2 heterocycles. The first-order chi connectivity index (χ1) is 14.8. The van der Waals surface area contributed by atoms with Crippen molar-refractivity contribution in [2.75, 3.05) is 18.8 Å². The lowest BCUT2D eigenvalue weighted by Crippen LogP contribution is -2.39. The lowest BCUT2D eigenvalue weighted by atomic mass is 9.90. The summed E-state index contributed by atoms with van der Waals surface area (Å²) in [5, 5.41) is 0.564. The number of benzene rings is 1. The molecule has 0 radical (unpaired) electrons. The number of pyridine rings is 1. The summed E-state index contributed by atoms with van der Waals surface area (Å²) < 4.78 is 0. The molecule has 1 aromatic carbocycles. The third-order valence-corrected chi connectivity index (χ3v) is 7.43. The number of nitrogens with two attached hydrogens (primary N) is 1. The maximum atomic E-state index is 12.8. The first-order valence-corrected chi connectivity index (χ1v) is 12.0. The lowest BCUT2D eigenvalue weighted by Gasteiger charge is -2.32. The zero-order chi connectivity index (χ0) is 22.5. The van der Waals surface area contributed by atoms with Crippen LogP contribution < -0.4 is 5.73 Å². The monoisotopic (exact) mass is 439 g/mol. The van der Waals surface area contributed by atoms with Crippen LogP contribution in [0.25, 0.3) is 0 Å². The van der Waals surface area contributed by atoms with E-state index in [9.17, 15) is 9.59 Å². The van der Waals surface area contributed by atoms with Crippen LogP contribution in [0.1, 0.15) is 57.6 Å². The van der Waals surface area contributed by atoms with Crippen molar-refractivity contribution < 1.29 is 9.59 Å². The maximum absolute atomic E-state index is 12.8. The predicted molar refractivity (Wildman–Crippen MR) is 126 cm³/mol. The molecule has 1 saturated heterocycles. The fraction of sp³-hybridized carbons (Fsp3) is 0.480. The largest absolute Gasteiger partial charge is 0.366 e. The van der Waals surface area contributed by atoms with E-state index in [1.54, 1.807) is 0 Å². The number of carbonyl (C=O) groups is 2. The molecule has 1 aliphatic heterocycles. The minimum Gasteiger partial charge on any atom is -0.366 e. The summed E-state index contributed by atoms with van der Waals surface area (Å²) in [6, 6.07) is 8.77. The number of carbonyl (C=O) groups excluding carboxylic acids is 2. The smallest absolute Gasteiger partial charge is 0.251 e. The molecule has 3 rings (SSSR count). The number of rotatable bonds is 7. The fourth-order valence-electron chi connectivity index (χ4n) is 4.12. The third-order valence-electron chi connectivity index (χ3n) is 6.47. The van der Waals surface area contributed by atoms with Crippen LogP contribution in [-0.4, -0.2) is 40.5 Å². The van der Waals surface area contributed by atoms with Gasteiger partial charge in [0.05, 0.1) is 11.3 Å². The number of amides is 2. The lowest BCUT2D eigenvalue weighted by molar-refractivity contribution is -0.129. The summed E-state index contributed by atoms with van der Waals surface area (Å²) in [5.74, 6) is 0.569. The number of hydrogen-bond acceptors (Lipinski definition) is 4. The second-order valence-electron chi connectivity index (χ2n) is 8.63. The van der Waals surface area contributed by atoms with Gasteiger partial charge in [-0.2, -0.15) is 0 Å². The Bertz CT molecular complexity index is 948. The molecular weight excluding hydrogens is 406 g/mol. The van der Waals surface area contributed by atoms with E-state index in [4.69, 9.17) is 5.73 Å². The third kappa shape index (κ3) is 5.88. The molecule has 2 amide bonds. The van der Waals surface area contributed by atoms with E-state index in [1.165, 1.54) is 29.3 Å². The zero-order valence-electron chi connectivity index (χ0n) is 19.0. The number of piperidine rings is 1. The maximum Gasteiger partial charge on any atom is 0.251 e. The van der Waals surface area contributed by atoms with Gasteiger partial charge < -0.3 is 10.6 Å². The molecule has 2 aromatic rings. The van der Waals surface area contributed by atoms with Gasteiger partial charge in [-0.1, -0.05) is 41.6 Å². The highest BCUT2D eigenvalue weighted by atomic mass is 32.2. The van der Waals surface area contributed by atoms with Crippen LogP contribution in [0.15, 0.2) is 29.3 Å². The molecule has 6 heteroatoms. The molecule has 31 heavy (non-hydrogen) atoms. The van der Waals surface area contributed by atoms with Gasteiger partial charge in [-0.05, 0) is 76.0 Å². The molecule has 0 spiro atoms. The minimum atomic E-state index is -0.488. The first kappa shape index (κ1) is 23.3. The van der Waals surface area contributed by atoms with E-state index in [1.807, 2.05) is 25.7 Å². The SMILES string of the molecule is Cc1ccc(CCC2CCN(C(=O)CSc3nc(C)c(C)c(C)c3C(N)=O)CC2)cc1. The number of aromatic nitrogens is 1. The first-order valence-electron chi connectivity index (χ1n) is 11.0. The van der Waals surface area contributed by atoms with E-state index >= 15 is 0 Å². The van der Waals surface area contributed by atoms with Gasteiger partial charge in [-0.25, -0.2) is 4.98 Å². The summed E-state index contributed by atoms with van der Waals surface area (Å²) in [5.41, 5.74) is 11.4.